The fraction of sp³-hybridized carbons (Fsp3) is 0.120. The highest BCUT2D eigenvalue weighted by molar-refractivity contribution is 7.99. The van der Waals surface area contributed by atoms with Gasteiger partial charge in [0.25, 0.3) is 10.0 Å². The van der Waals surface area contributed by atoms with Gasteiger partial charge in [-0.1, -0.05) is 90.6 Å². The Balaban J connectivity index is 1.67. The maximum Gasteiger partial charge on any atom is 0.251 e. The fourth-order valence-electron chi connectivity index (χ4n) is 3.97. The van der Waals surface area contributed by atoms with Crippen molar-refractivity contribution in [3.8, 4) is 0 Å². The van der Waals surface area contributed by atoms with Crippen LogP contribution >= 0.6 is 11.8 Å². The number of Topliss-reactive ketones (excluding diaryl/α,β-unsaturated/α-hetero) is 1. The van der Waals surface area contributed by atoms with Crippen molar-refractivity contribution in [3.63, 3.8) is 0 Å². The predicted octanol–water partition coefficient (Wildman–Crippen LogP) is 4.85. The van der Waals surface area contributed by atoms with Gasteiger partial charge in [0.2, 0.25) is 5.78 Å². The molecule has 0 saturated heterocycles. The van der Waals surface area contributed by atoms with Crippen molar-refractivity contribution in [2.24, 2.45) is 7.05 Å². The number of hydrogen-bond acceptors (Lipinski definition) is 5. The number of anilines is 1. The average molecular weight is 476 g/mol. The van der Waals surface area contributed by atoms with Crippen molar-refractivity contribution in [2.45, 2.75) is 21.8 Å². The van der Waals surface area contributed by atoms with E-state index in [4.69, 9.17) is 0 Å². The molecule has 1 aliphatic rings. The molecule has 166 valence electrons. The molecule has 0 N–H and O–H groups in total. The number of fused-ring (bicyclic) bond motifs is 1. The van der Waals surface area contributed by atoms with Gasteiger partial charge in [0.05, 0.1) is 6.54 Å². The molecule has 0 spiro atoms. The van der Waals surface area contributed by atoms with E-state index in [9.17, 15) is 13.2 Å². The SMILES string of the molecule is Cn1c(Sc2ccccc2)nc2c1C(=O)C(c1ccccc1)S(=O)(=O)N2Cc1ccccc1. The summed E-state index contributed by atoms with van der Waals surface area (Å²) in [4.78, 5) is 19.2. The summed E-state index contributed by atoms with van der Waals surface area (Å²) in [5, 5.41) is -0.763. The molecule has 8 heteroatoms. The number of nitrogens with zero attached hydrogens (tertiary/aromatic N) is 3. The number of hydrogen-bond donors (Lipinski definition) is 0. The van der Waals surface area contributed by atoms with Crippen LogP contribution in [-0.4, -0.2) is 23.8 Å². The lowest BCUT2D eigenvalue weighted by atomic mass is 10.1. The number of rotatable bonds is 5. The van der Waals surface area contributed by atoms with Crippen molar-refractivity contribution >= 4 is 33.4 Å². The van der Waals surface area contributed by atoms with Gasteiger partial charge in [-0.3, -0.25) is 4.79 Å². The van der Waals surface area contributed by atoms with Gasteiger partial charge < -0.3 is 4.57 Å². The van der Waals surface area contributed by atoms with Gasteiger partial charge in [0, 0.05) is 11.9 Å². The molecule has 33 heavy (non-hydrogen) atoms. The zero-order chi connectivity index (χ0) is 23.0. The number of carbonyl (C=O) groups excluding carboxylic acids is 1. The highest BCUT2D eigenvalue weighted by atomic mass is 32.2. The summed E-state index contributed by atoms with van der Waals surface area (Å²) in [7, 11) is -2.30. The molecule has 0 saturated carbocycles. The Morgan fingerprint density at radius 1 is 0.879 bits per heavy atom. The van der Waals surface area contributed by atoms with Gasteiger partial charge in [-0.05, 0) is 23.3 Å². The number of aromatic nitrogens is 2. The van der Waals surface area contributed by atoms with E-state index in [1.54, 1.807) is 41.9 Å². The normalized spacial score (nSPS) is 17.1. The van der Waals surface area contributed by atoms with E-state index >= 15 is 0 Å². The van der Waals surface area contributed by atoms with Crippen LogP contribution in [0.3, 0.4) is 0 Å². The fourth-order valence-corrected chi connectivity index (χ4v) is 6.67. The maximum absolute atomic E-state index is 13.8. The average Bonchev–Trinajstić information content (AvgIpc) is 3.14. The van der Waals surface area contributed by atoms with Gasteiger partial charge in [-0.15, -0.1) is 0 Å². The second-order valence-electron chi connectivity index (χ2n) is 7.73. The molecule has 5 rings (SSSR count). The minimum Gasteiger partial charge on any atom is -0.317 e. The van der Waals surface area contributed by atoms with Crippen LogP contribution in [0.25, 0.3) is 0 Å². The van der Waals surface area contributed by atoms with Crippen LogP contribution in [0.4, 0.5) is 5.82 Å². The van der Waals surface area contributed by atoms with Crippen LogP contribution in [-0.2, 0) is 23.6 Å². The minimum absolute atomic E-state index is 0.0965. The maximum atomic E-state index is 13.8. The molecule has 0 radical (unpaired) electrons. The predicted molar refractivity (Wildman–Crippen MR) is 129 cm³/mol. The molecule has 6 nitrogen and oxygen atoms in total. The third-order valence-corrected chi connectivity index (χ3v) is 8.63. The number of benzene rings is 3. The first kappa shape index (κ1) is 21.5. The van der Waals surface area contributed by atoms with Crippen LogP contribution in [0, 0.1) is 0 Å². The van der Waals surface area contributed by atoms with E-state index < -0.39 is 21.1 Å². The number of carbonyl (C=O) groups is 1. The largest absolute Gasteiger partial charge is 0.317 e. The molecule has 1 atom stereocenters. The van der Waals surface area contributed by atoms with E-state index in [1.165, 1.54) is 16.1 Å². The second kappa shape index (κ2) is 8.53. The molecule has 0 amide bonds. The zero-order valence-electron chi connectivity index (χ0n) is 17.8. The third kappa shape index (κ3) is 3.85. The minimum atomic E-state index is -4.06. The molecule has 0 fully saturated rings. The molecule has 1 unspecified atom stereocenters. The topological polar surface area (TPSA) is 72.3 Å². The van der Waals surface area contributed by atoms with Gasteiger partial charge in [0.1, 0.15) is 5.69 Å². The van der Waals surface area contributed by atoms with Crippen LogP contribution in [0.2, 0.25) is 0 Å². The summed E-state index contributed by atoms with van der Waals surface area (Å²) in [6, 6.07) is 27.7. The van der Waals surface area contributed by atoms with Gasteiger partial charge >= 0.3 is 0 Å². The van der Waals surface area contributed by atoms with Crippen LogP contribution < -0.4 is 4.31 Å². The Labute approximate surface area is 197 Å². The molecule has 3 aromatic carbocycles. The lowest BCUT2D eigenvalue weighted by Gasteiger charge is -2.32. The monoisotopic (exact) mass is 475 g/mol. The first-order valence-corrected chi connectivity index (χ1v) is 12.7. The molecule has 0 aliphatic carbocycles. The van der Waals surface area contributed by atoms with Crippen molar-refractivity contribution < 1.29 is 13.2 Å². The van der Waals surface area contributed by atoms with E-state index in [-0.39, 0.29) is 12.4 Å². The van der Waals surface area contributed by atoms with E-state index in [0.29, 0.717) is 16.4 Å². The molecule has 4 aromatic rings. The van der Waals surface area contributed by atoms with Gasteiger partial charge in [0.15, 0.2) is 16.2 Å². The summed E-state index contributed by atoms with van der Waals surface area (Å²) in [5.74, 6) is -0.285. The van der Waals surface area contributed by atoms with Gasteiger partial charge in [-0.25, -0.2) is 17.7 Å². The zero-order valence-corrected chi connectivity index (χ0v) is 19.5. The molecule has 1 aliphatic heterocycles. The summed E-state index contributed by atoms with van der Waals surface area (Å²) < 4.78 is 30.6. The van der Waals surface area contributed by atoms with Gasteiger partial charge in [-0.2, -0.15) is 0 Å². The van der Waals surface area contributed by atoms with E-state index in [2.05, 4.69) is 4.98 Å². The number of ketones is 1. The Bertz CT molecular complexity index is 1400. The Morgan fingerprint density at radius 3 is 2.09 bits per heavy atom. The standard InChI is InChI=1S/C25H21N3O3S2/c1-27-21-22(29)23(19-13-7-3-8-14-19)33(30,31)28(17-18-11-5-2-6-12-18)24(21)26-25(27)32-20-15-9-4-10-16-20/h2-16,23H,17H2,1H3. The number of sulfonamides is 1. The highest BCUT2D eigenvalue weighted by Gasteiger charge is 2.48. The molecule has 0 bridgehead atoms. The number of imidazole rings is 1. The lowest BCUT2D eigenvalue weighted by molar-refractivity contribution is 0.0976. The van der Waals surface area contributed by atoms with E-state index in [1.807, 2.05) is 60.7 Å². The van der Waals surface area contributed by atoms with Crippen LogP contribution in [0.5, 0.6) is 0 Å². The first-order valence-electron chi connectivity index (χ1n) is 10.4. The van der Waals surface area contributed by atoms with Crippen molar-refractivity contribution in [1.29, 1.82) is 0 Å². The van der Waals surface area contributed by atoms with Crippen molar-refractivity contribution in [2.75, 3.05) is 4.31 Å². The van der Waals surface area contributed by atoms with Crippen LogP contribution in [0.15, 0.2) is 101 Å². The Morgan fingerprint density at radius 2 is 1.45 bits per heavy atom. The third-order valence-electron chi connectivity index (χ3n) is 5.57. The summed E-state index contributed by atoms with van der Waals surface area (Å²) in [6.45, 7) is 0.0965. The lowest BCUT2D eigenvalue weighted by Crippen LogP contribution is -2.43. The summed E-state index contributed by atoms with van der Waals surface area (Å²) in [5.41, 5.74) is 1.56. The van der Waals surface area contributed by atoms with E-state index in [0.717, 1.165) is 10.5 Å². The molecule has 2 heterocycles. The Kier molecular flexibility index (Phi) is 5.55. The quantitative estimate of drug-likeness (QED) is 0.413. The molecule has 1 aromatic heterocycles. The second-order valence-corrected chi connectivity index (χ2v) is 10.7. The highest BCUT2D eigenvalue weighted by Crippen LogP contribution is 2.43. The smallest absolute Gasteiger partial charge is 0.251 e. The molecular weight excluding hydrogens is 454 g/mol. The molecular formula is C25H21N3O3S2. The summed E-state index contributed by atoms with van der Waals surface area (Å²) in [6.07, 6.45) is 0. The van der Waals surface area contributed by atoms with Crippen molar-refractivity contribution in [3.05, 3.63) is 108 Å². The van der Waals surface area contributed by atoms with Crippen molar-refractivity contribution in [1.82, 2.24) is 9.55 Å². The Hall–Kier alpha value is -3.36. The van der Waals surface area contributed by atoms with Crippen LogP contribution in [0.1, 0.15) is 26.9 Å². The summed E-state index contributed by atoms with van der Waals surface area (Å²) >= 11 is 1.39. The first-order chi connectivity index (χ1) is 16.0.